The molecule has 3 aromatic heterocycles. The summed E-state index contributed by atoms with van der Waals surface area (Å²) in [6, 6.07) is 20.6. The molecule has 3 nitrogen and oxygen atoms in total. The van der Waals surface area contributed by atoms with Gasteiger partial charge >= 0.3 is 0 Å². The fourth-order valence-corrected chi connectivity index (χ4v) is 3.45. The highest BCUT2D eigenvalue weighted by molar-refractivity contribution is 5.98. The minimum Gasteiger partial charge on any atom is -0.260 e. The molecule has 0 saturated heterocycles. The van der Waals surface area contributed by atoms with E-state index >= 15 is 0 Å². The van der Waals surface area contributed by atoms with Crippen molar-refractivity contribution in [1.29, 1.82) is 0 Å². The predicted octanol–water partition coefficient (Wildman–Crippen LogP) is 4.68. The van der Waals surface area contributed by atoms with E-state index in [1.165, 1.54) is 16.7 Å². The molecule has 0 amide bonds. The van der Waals surface area contributed by atoms with Gasteiger partial charge in [-0.3, -0.25) is 4.98 Å². The van der Waals surface area contributed by atoms with Crippen LogP contribution in [0.5, 0.6) is 0 Å². The Balaban J connectivity index is 1.78. The molecule has 4 aromatic rings. The van der Waals surface area contributed by atoms with Crippen molar-refractivity contribution >= 4 is 16.6 Å². The zero-order chi connectivity index (χ0) is 16.6. The van der Waals surface area contributed by atoms with Gasteiger partial charge in [-0.1, -0.05) is 42.5 Å². The average Bonchev–Trinajstić information content (AvgIpc) is 3.12. The standard InChI is InChI=1S/C22H15N3/c1-2-6-15(7-3-1)21-14-19(18-9-5-13-24-22(18)25-21)16-10-11-20-17(16)8-4-12-23-20/h1-10,12-14H,11H2. The summed E-state index contributed by atoms with van der Waals surface area (Å²) >= 11 is 0. The Hall–Kier alpha value is -3.33. The lowest BCUT2D eigenvalue weighted by atomic mass is 9.96. The normalized spacial score (nSPS) is 12.9. The highest BCUT2D eigenvalue weighted by Crippen LogP contribution is 2.36. The SMILES string of the molecule is C1=C(c2cc(-c3ccccc3)nc3ncccc23)c2cccnc2C1. The molecule has 0 N–H and O–H groups in total. The van der Waals surface area contributed by atoms with Crippen molar-refractivity contribution in [2.24, 2.45) is 0 Å². The topological polar surface area (TPSA) is 38.7 Å². The molecule has 0 fully saturated rings. The first kappa shape index (κ1) is 14.1. The van der Waals surface area contributed by atoms with Crippen molar-refractivity contribution in [3.05, 3.63) is 96.0 Å². The molecule has 0 aliphatic heterocycles. The first-order chi connectivity index (χ1) is 12.4. The van der Waals surface area contributed by atoms with Gasteiger partial charge in [0.2, 0.25) is 0 Å². The number of allylic oxidation sites excluding steroid dienone is 1. The smallest absolute Gasteiger partial charge is 0.160 e. The molecule has 1 aliphatic carbocycles. The Bertz CT molecular complexity index is 1110. The van der Waals surface area contributed by atoms with Crippen LogP contribution in [-0.2, 0) is 6.42 Å². The molecule has 0 bridgehead atoms. The van der Waals surface area contributed by atoms with Crippen molar-refractivity contribution in [2.75, 3.05) is 0 Å². The third-order valence-corrected chi connectivity index (χ3v) is 4.62. The molecule has 0 radical (unpaired) electrons. The molecule has 3 heteroatoms. The van der Waals surface area contributed by atoms with Crippen molar-refractivity contribution in [1.82, 2.24) is 15.0 Å². The first-order valence-corrected chi connectivity index (χ1v) is 8.36. The summed E-state index contributed by atoms with van der Waals surface area (Å²) in [7, 11) is 0. The molecule has 0 unspecified atom stereocenters. The van der Waals surface area contributed by atoms with E-state index < -0.39 is 0 Å². The second-order valence-electron chi connectivity index (χ2n) is 6.12. The first-order valence-electron chi connectivity index (χ1n) is 8.36. The fraction of sp³-hybridized carbons (Fsp3) is 0.0455. The lowest BCUT2D eigenvalue weighted by Crippen LogP contribution is -1.95. The second kappa shape index (κ2) is 5.64. The Kier molecular flexibility index (Phi) is 3.17. The Morgan fingerprint density at radius 1 is 0.760 bits per heavy atom. The number of pyridine rings is 3. The largest absolute Gasteiger partial charge is 0.260 e. The quantitative estimate of drug-likeness (QED) is 0.538. The molecule has 1 aromatic carbocycles. The highest BCUT2D eigenvalue weighted by atomic mass is 14.8. The van der Waals surface area contributed by atoms with Gasteiger partial charge < -0.3 is 0 Å². The monoisotopic (exact) mass is 321 g/mol. The van der Waals surface area contributed by atoms with Crippen LogP contribution in [-0.4, -0.2) is 15.0 Å². The van der Waals surface area contributed by atoms with Gasteiger partial charge in [-0.15, -0.1) is 0 Å². The summed E-state index contributed by atoms with van der Waals surface area (Å²) in [4.78, 5) is 13.8. The van der Waals surface area contributed by atoms with E-state index in [1.54, 1.807) is 6.20 Å². The van der Waals surface area contributed by atoms with E-state index in [-0.39, 0.29) is 0 Å². The van der Waals surface area contributed by atoms with Crippen LogP contribution in [0.1, 0.15) is 16.8 Å². The summed E-state index contributed by atoms with van der Waals surface area (Å²) in [6.45, 7) is 0. The van der Waals surface area contributed by atoms with Gasteiger partial charge in [-0.05, 0) is 35.4 Å². The summed E-state index contributed by atoms with van der Waals surface area (Å²) in [5.74, 6) is 0. The maximum absolute atomic E-state index is 4.78. The molecule has 1 aliphatic rings. The van der Waals surface area contributed by atoms with Crippen LogP contribution in [0.15, 0.2) is 79.1 Å². The van der Waals surface area contributed by atoms with Crippen LogP contribution < -0.4 is 0 Å². The van der Waals surface area contributed by atoms with Crippen molar-refractivity contribution < 1.29 is 0 Å². The fourth-order valence-electron chi connectivity index (χ4n) is 3.45. The van der Waals surface area contributed by atoms with Crippen LogP contribution in [0.2, 0.25) is 0 Å². The molecule has 25 heavy (non-hydrogen) atoms. The van der Waals surface area contributed by atoms with Gasteiger partial charge in [0, 0.05) is 35.3 Å². The van der Waals surface area contributed by atoms with Crippen molar-refractivity contribution in [2.45, 2.75) is 6.42 Å². The maximum Gasteiger partial charge on any atom is 0.160 e. The van der Waals surface area contributed by atoms with Crippen LogP contribution in [0, 0.1) is 0 Å². The maximum atomic E-state index is 4.78. The molecule has 0 saturated carbocycles. The number of fused-ring (bicyclic) bond motifs is 2. The van der Waals surface area contributed by atoms with Gasteiger partial charge in [0.15, 0.2) is 5.65 Å². The van der Waals surface area contributed by atoms with E-state index in [4.69, 9.17) is 4.98 Å². The molecule has 3 heterocycles. The summed E-state index contributed by atoms with van der Waals surface area (Å²) in [5, 5.41) is 1.07. The van der Waals surface area contributed by atoms with Crippen molar-refractivity contribution in [3.63, 3.8) is 0 Å². The number of benzene rings is 1. The molecule has 0 atom stereocenters. The predicted molar refractivity (Wildman–Crippen MR) is 100.0 cm³/mol. The van der Waals surface area contributed by atoms with Crippen LogP contribution in [0.3, 0.4) is 0 Å². The van der Waals surface area contributed by atoms with Crippen molar-refractivity contribution in [3.8, 4) is 11.3 Å². The molecular weight excluding hydrogens is 306 g/mol. The average molecular weight is 321 g/mol. The summed E-state index contributed by atoms with van der Waals surface area (Å²) in [5.41, 5.74) is 7.55. The van der Waals surface area contributed by atoms with E-state index in [1.807, 2.05) is 36.5 Å². The molecule has 5 rings (SSSR count). The zero-order valence-electron chi connectivity index (χ0n) is 13.6. The Morgan fingerprint density at radius 3 is 2.52 bits per heavy atom. The summed E-state index contributed by atoms with van der Waals surface area (Å²) in [6.07, 6.45) is 6.79. The zero-order valence-corrected chi connectivity index (χ0v) is 13.6. The second-order valence-corrected chi connectivity index (χ2v) is 6.12. The number of hydrogen-bond donors (Lipinski definition) is 0. The number of nitrogens with zero attached hydrogens (tertiary/aromatic N) is 3. The lowest BCUT2D eigenvalue weighted by molar-refractivity contribution is 1.13. The van der Waals surface area contributed by atoms with E-state index in [0.29, 0.717) is 0 Å². The molecule has 0 spiro atoms. The Morgan fingerprint density at radius 2 is 1.60 bits per heavy atom. The van der Waals surface area contributed by atoms with Crippen LogP contribution in [0.25, 0.3) is 27.9 Å². The minimum absolute atomic E-state index is 0.775. The van der Waals surface area contributed by atoms with E-state index in [2.05, 4.69) is 46.4 Å². The number of hydrogen-bond acceptors (Lipinski definition) is 3. The third kappa shape index (κ3) is 2.32. The molecule has 118 valence electrons. The number of aromatic nitrogens is 3. The van der Waals surface area contributed by atoms with Gasteiger partial charge in [0.25, 0.3) is 0 Å². The van der Waals surface area contributed by atoms with Gasteiger partial charge in [-0.25, -0.2) is 9.97 Å². The van der Waals surface area contributed by atoms with E-state index in [0.717, 1.165) is 34.4 Å². The lowest BCUT2D eigenvalue weighted by Gasteiger charge is -2.11. The van der Waals surface area contributed by atoms with E-state index in [9.17, 15) is 0 Å². The van der Waals surface area contributed by atoms with Gasteiger partial charge in [-0.2, -0.15) is 0 Å². The highest BCUT2D eigenvalue weighted by Gasteiger charge is 2.19. The van der Waals surface area contributed by atoms with Crippen LogP contribution in [0.4, 0.5) is 0 Å². The third-order valence-electron chi connectivity index (χ3n) is 4.62. The minimum atomic E-state index is 0.775. The Labute approximate surface area is 145 Å². The van der Waals surface area contributed by atoms with Crippen LogP contribution >= 0.6 is 0 Å². The van der Waals surface area contributed by atoms with Gasteiger partial charge in [0.1, 0.15) is 0 Å². The number of rotatable bonds is 2. The summed E-state index contributed by atoms with van der Waals surface area (Å²) < 4.78 is 0. The molecular formula is C22H15N3. The van der Waals surface area contributed by atoms with Gasteiger partial charge in [0.05, 0.1) is 11.4 Å².